The molecule has 2 aliphatic heterocycles. The quantitative estimate of drug-likeness (QED) is 0.0691. The van der Waals surface area contributed by atoms with E-state index in [1.165, 1.54) is 31.7 Å². The maximum atomic E-state index is 13.4. The number of amides is 3. The molecule has 2 fully saturated rings. The number of rotatable bonds is 12. The molecule has 8 heterocycles. The van der Waals surface area contributed by atoms with E-state index < -0.39 is 5.97 Å². The number of aromatic nitrogens is 10. The fourth-order valence-electron chi connectivity index (χ4n) is 9.59. The number of fused-ring (bicyclic) bond motifs is 2. The molecule has 10 aromatic rings. The molecule has 3 amide bonds. The van der Waals surface area contributed by atoms with Crippen molar-refractivity contribution in [3.05, 3.63) is 180 Å². The number of benzene rings is 4. The van der Waals surface area contributed by atoms with Crippen LogP contribution in [0.25, 0.3) is 45.1 Å². The van der Waals surface area contributed by atoms with Gasteiger partial charge in [0, 0.05) is 101 Å². The van der Waals surface area contributed by atoms with Crippen LogP contribution in [0.4, 0.5) is 11.4 Å². The van der Waals surface area contributed by atoms with Gasteiger partial charge in [-0.1, -0.05) is 60.7 Å². The molecule has 0 aliphatic carbocycles. The Morgan fingerprint density at radius 3 is 1.46 bits per heavy atom. The number of aryl methyl sites for hydroxylation is 2. The van der Waals surface area contributed by atoms with Gasteiger partial charge in [0.25, 0.3) is 5.91 Å². The summed E-state index contributed by atoms with van der Waals surface area (Å²) in [6, 6.07) is 37.5. The fourth-order valence-corrected chi connectivity index (χ4v) is 9.59. The lowest BCUT2D eigenvalue weighted by Gasteiger charge is -2.38. The first-order valence-corrected chi connectivity index (χ1v) is 26.2. The number of hydrogen-bond donors (Lipinski definition) is 6. The predicted octanol–water partition coefficient (Wildman–Crippen LogP) is 7.48. The number of piperazine rings is 2. The van der Waals surface area contributed by atoms with Crippen molar-refractivity contribution in [2.45, 2.75) is 39.8 Å². The van der Waals surface area contributed by atoms with Crippen LogP contribution in [-0.4, -0.2) is 146 Å². The second-order valence-corrected chi connectivity index (χ2v) is 19.2. The maximum Gasteiger partial charge on any atom is 0.354 e. The number of carbonyl (C=O) groups excluding carboxylic acids is 3. The van der Waals surface area contributed by atoms with Gasteiger partial charge in [-0.2, -0.15) is 10.2 Å². The molecule has 412 valence electrons. The molecule has 12 rings (SSSR count). The molecule has 0 bridgehead atoms. The van der Waals surface area contributed by atoms with Crippen LogP contribution in [0.2, 0.25) is 0 Å². The second-order valence-electron chi connectivity index (χ2n) is 19.2. The minimum atomic E-state index is -1.12. The van der Waals surface area contributed by atoms with Crippen molar-refractivity contribution in [2.24, 2.45) is 0 Å². The van der Waals surface area contributed by atoms with Crippen molar-refractivity contribution in [1.82, 2.24) is 70.3 Å². The highest BCUT2D eigenvalue weighted by Gasteiger charge is 2.32. The number of carboxylic acids is 1. The molecule has 6 N–H and O–H groups in total. The third-order valence-corrected chi connectivity index (χ3v) is 13.3. The molecule has 23 nitrogen and oxygen atoms in total. The van der Waals surface area contributed by atoms with E-state index in [2.05, 4.69) is 112 Å². The molecule has 2 unspecified atom stereocenters. The Bertz CT molecular complexity index is 3810. The van der Waals surface area contributed by atoms with Gasteiger partial charge in [-0.25, -0.2) is 29.7 Å². The van der Waals surface area contributed by atoms with Crippen LogP contribution in [0.3, 0.4) is 0 Å². The van der Waals surface area contributed by atoms with E-state index in [1.807, 2.05) is 43.0 Å². The minimum absolute atomic E-state index is 0.0845. The molecule has 0 saturated carbocycles. The Hall–Kier alpha value is -9.84. The number of aromatic carboxylic acids is 1. The Balaban J connectivity index is 0.000000151. The van der Waals surface area contributed by atoms with E-state index in [0.29, 0.717) is 88.4 Å². The number of nitrogens with zero attached hydrogens (tertiary/aromatic N) is 11. The number of pyridine rings is 2. The average molecular weight is 1090 g/mol. The van der Waals surface area contributed by atoms with Gasteiger partial charge in [0.15, 0.2) is 22.8 Å². The van der Waals surface area contributed by atoms with Crippen LogP contribution < -0.4 is 16.0 Å². The van der Waals surface area contributed by atoms with Crippen molar-refractivity contribution in [3.8, 4) is 22.9 Å². The molecule has 4 aromatic carbocycles. The predicted molar refractivity (Wildman–Crippen MR) is 301 cm³/mol. The molecule has 6 aromatic heterocycles. The summed E-state index contributed by atoms with van der Waals surface area (Å²) in [4.78, 5) is 79.5. The number of oxazole rings is 2. The number of nitrogens with one attached hydrogen (secondary N) is 5. The van der Waals surface area contributed by atoms with Crippen LogP contribution in [0, 0.1) is 13.8 Å². The van der Waals surface area contributed by atoms with E-state index in [0.717, 1.165) is 55.0 Å². The van der Waals surface area contributed by atoms with Crippen molar-refractivity contribution in [3.63, 3.8) is 0 Å². The molecule has 2 aliphatic rings. The summed E-state index contributed by atoms with van der Waals surface area (Å²) in [5.41, 5.74) is 7.32. The topological polar surface area (TPSA) is 295 Å². The zero-order valence-electron chi connectivity index (χ0n) is 44.8. The van der Waals surface area contributed by atoms with Gasteiger partial charge in [0.05, 0.1) is 12.1 Å². The zero-order chi connectivity index (χ0) is 56.4. The van der Waals surface area contributed by atoms with Crippen LogP contribution in [0.1, 0.15) is 81.3 Å². The highest BCUT2D eigenvalue weighted by atomic mass is 16.4. The standard InChI is InChI=1S/C29H28N8O3.C15H11N3O4.C14H19N5/c1-18-31-27(35-34-18)26(20-6-4-3-5-7-20)36-12-14-37(15-13-36)29(39)24-16-21(10-11-30-24)28-33-23-17-22(32-19(2)38)8-9-25(23)40-28;1-8(19)17-10-2-3-13-11(7-10)18-14(22-13)9-4-5-16-12(6-9)15(20)21;1-11-16-14(18-17-11)13(12-5-3-2-4-6-12)19-9-7-15-8-10-19/h3-11,16-17,26H,12-15H2,1-2H3,(H,32,38)(H,31,34,35);2-7H,1H3,(H,17,19)(H,20,21);2-6,13,15H,7-10H2,1H3,(H,16,17,18). The van der Waals surface area contributed by atoms with E-state index in [9.17, 15) is 19.2 Å². The van der Waals surface area contributed by atoms with Crippen molar-refractivity contribution in [1.29, 1.82) is 0 Å². The molecular formula is C58H58N16O7. The third kappa shape index (κ3) is 13.4. The van der Waals surface area contributed by atoms with Gasteiger partial charge < -0.3 is 34.8 Å². The number of anilines is 2. The summed E-state index contributed by atoms with van der Waals surface area (Å²) in [6.45, 7) is 13.2. The number of H-pyrrole nitrogens is 2. The molecular weight excluding hydrogens is 1030 g/mol. The van der Waals surface area contributed by atoms with Gasteiger partial charge in [-0.05, 0) is 85.6 Å². The van der Waals surface area contributed by atoms with E-state index >= 15 is 0 Å². The van der Waals surface area contributed by atoms with Gasteiger partial charge in [0.1, 0.15) is 34.1 Å². The van der Waals surface area contributed by atoms with E-state index in [-0.39, 0.29) is 35.5 Å². The maximum absolute atomic E-state index is 13.4. The van der Waals surface area contributed by atoms with Crippen LogP contribution in [-0.2, 0) is 9.59 Å². The van der Waals surface area contributed by atoms with Gasteiger partial charge >= 0.3 is 5.97 Å². The van der Waals surface area contributed by atoms with Crippen molar-refractivity contribution in [2.75, 3.05) is 63.0 Å². The van der Waals surface area contributed by atoms with E-state index in [1.54, 1.807) is 60.8 Å². The molecule has 0 radical (unpaired) electrons. The Labute approximate surface area is 464 Å². The number of aromatic amines is 2. The Morgan fingerprint density at radius 2 is 1.01 bits per heavy atom. The van der Waals surface area contributed by atoms with E-state index in [4.69, 9.17) is 13.9 Å². The lowest BCUT2D eigenvalue weighted by Crippen LogP contribution is -2.50. The highest BCUT2D eigenvalue weighted by Crippen LogP contribution is 2.31. The lowest BCUT2D eigenvalue weighted by atomic mass is 10.0. The van der Waals surface area contributed by atoms with Gasteiger partial charge in [-0.3, -0.25) is 39.4 Å². The van der Waals surface area contributed by atoms with Gasteiger partial charge in [-0.15, -0.1) is 0 Å². The molecule has 23 heteroatoms. The van der Waals surface area contributed by atoms with Crippen molar-refractivity contribution < 1.29 is 33.1 Å². The lowest BCUT2D eigenvalue weighted by molar-refractivity contribution is -0.115. The van der Waals surface area contributed by atoms with Crippen LogP contribution >= 0.6 is 0 Å². The summed E-state index contributed by atoms with van der Waals surface area (Å²) in [5, 5.41) is 32.5. The molecule has 0 spiro atoms. The van der Waals surface area contributed by atoms with Crippen molar-refractivity contribution >= 4 is 57.3 Å². The average Bonchev–Trinajstić information content (AvgIpc) is 4.33. The molecule has 81 heavy (non-hydrogen) atoms. The summed E-state index contributed by atoms with van der Waals surface area (Å²) >= 11 is 0. The summed E-state index contributed by atoms with van der Waals surface area (Å²) in [5.74, 6) is 2.29. The van der Waals surface area contributed by atoms with Crippen LogP contribution in [0.15, 0.2) is 143 Å². The molecule has 2 atom stereocenters. The zero-order valence-corrected chi connectivity index (χ0v) is 44.8. The highest BCUT2D eigenvalue weighted by molar-refractivity contribution is 5.94. The summed E-state index contributed by atoms with van der Waals surface area (Å²) < 4.78 is 11.5. The van der Waals surface area contributed by atoms with Gasteiger partial charge in [0.2, 0.25) is 23.6 Å². The third-order valence-electron chi connectivity index (χ3n) is 13.3. The molecule has 2 saturated heterocycles. The first-order chi connectivity index (χ1) is 39.3. The summed E-state index contributed by atoms with van der Waals surface area (Å²) in [6.07, 6.45) is 2.98. The number of carbonyl (C=O) groups is 4. The van der Waals surface area contributed by atoms with Crippen LogP contribution in [0.5, 0.6) is 0 Å². The Kier molecular flexibility index (Phi) is 16.7. The second kappa shape index (κ2) is 24.9. The first-order valence-electron chi connectivity index (χ1n) is 26.2. The SMILES string of the molecule is CC(=O)Nc1ccc2oc(-c3ccnc(C(=O)N4CCN(C(c5ccccc5)c5n[nH]c(C)n5)CC4)c3)nc2c1.CC(=O)Nc1ccc2oc(-c3ccnc(C(=O)O)c3)nc2c1.Cc1nc(C(c2ccccc2)N2CCNCC2)n[nH]1. The Morgan fingerprint density at radius 1 is 0.556 bits per heavy atom. The monoisotopic (exact) mass is 1090 g/mol. The minimum Gasteiger partial charge on any atom is -0.477 e. The summed E-state index contributed by atoms with van der Waals surface area (Å²) in [7, 11) is 0. The fraction of sp³-hybridized carbons (Fsp3) is 0.241. The first kappa shape index (κ1) is 54.5. The number of carboxylic acid groups (broad SMARTS) is 1. The number of hydrogen-bond acceptors (Lipinski definition) is 17. The smallest absolute Gasteiger partial charge is 0.354 e. The normalized spacial score (nSPS) is 14.5. The largest absolute Gasteiger partial charge is 0.477 e.